The quantitative estimate of drug-likeness (QED) is 0.449. The highest BCUT2D eigenvalue weighted by Crippen LogP contribution is 2.47. The minimum Gasteiger partial charge on any atom is -0.464 e. The van der Waals surface area contributed by atoms with Crippen LogP contribution in [0.5, 0.6) is 0 Å². The molecule has 1 saturated heterocycles. The lowest BCUT2D eigenvalue weighted by atomic mass is 10.2. The first-order chi connectivity index (χ1) is 14.7. The molecular formula is C22H21Cl2NO4S2. The molecule has 3 atom stereocenters. The molecular weight excluding hydrogens is 477 g/mol. The predicted octanol–water partition coefficient (Wildman–Crippen LogP) is 5.75. The number of thiophene rings is 1. The average Bonchev–Trinajstić information content (AvgIpc) is 3.06. The van der Waals surface area contributed by atoms with Crippen molar-refractivity contribution in [2.75, 3.05) is 11.5 Å². The van der Waals surface area contributed by atoms with Crippen LogP contribution in [0.15, 0.2) is 34.7 Å². The highest BCUT2D eigenvalue weighted by Gasteiger charge is 2.39. The molecule has 2 fully saturated rings. The molecule has 0 N–H and O–H groups in total. The molecule has 1 aromatic carbocycles. The van der Waals surface area contributed by atoms with Gasteiger partial charge in [0.1, 0.15) is 16.4 Å². The lowest BCUT2D eigenvalue weighted by Gasteiger charge is -2.27. The van der Waals surface area contributed by atoms with E-state index in [1.807, 2.05) is 24.3 Å². The summed E-state index contributed by atoms with van der Waals surface area (Å²) >= 11 is 14.2. The van der Waals surface area contributed by atoms with E-state index < -0.39 is 15.9 Å². The van der Waals surface area contributed by atoms with Crippen molar-refractivity contribution in [1.29, 1.82) is 0 Å². The minimum absolute atomic E-state index is 0.0464. The first-order valence-corrected chi connectivity index (χ1v) is 13.6. The molecule has 5 nitrogen and oxygen atoms in total. The highest BCUT2D eigenvalue weighted by molar-refractivity contribution is 7.91. The molecule has 0 bridgehead atoms. The second kappa shape index (κ2) is 7.80. The number of carbonyl (C=O) groups excluding carboxylic acids is 1. The van der Waals surface area contributed by atoms with Crippen molar-refractivity contribution in [3.8, 4) is 0 Å². The fourth-order valence-corrected chi connectivity index (χ4v) is 7.93. The summed E-state index contributed by atoms with van der Waals surface area (Å²) in [6.07, 6.45) is 1.51. The maximum absolute atomic E-state index is 13.6. The van der Waals surface area contributed by atoms with Gasteiger partial charge in [0.15, 0.2) is 9.84 Å². The van der Waals surface area contributed by atoms with E-state index in [0.29, 0.717) is 44.3 Å². The molecule has 3 aromatic rings. The Balaban J connectivity index is 1.49. The van der Waals surface area contributed by atoms with Gasteiger partial charge in [-0.1, -0.05) is 36.2 Å². The molecule has 1 saturated carbocycles. The average molecular weight is 498 g/mol. The van der Waals surface area contributed by atoms with Crippen LogP contribution in [0.25, 0.3) is 10.1 Å². The maximum Gasteiger partial charge on any atom is 0.266 e. The van der Waals surface area contributed by atoms with Crippen molar-refractivity contribution in [3.63, 3.8) is 0 Å². The SMILES string of the molecule is CC1CC1c1ccc(CN(C(=O)c2sc3cccc(Cl)c3c2Cl)C2CCS(=O)(=O)C2)o1. The molecule has 1 amide bonds. The zero-order chi connectivity index (χ0) is 21.9. The van der Waals surface area contributed by atoms with Gasteiger partial charge in [-0.25, -0.2) is 8.42 Å². The van der Waals surface area contributed by atoms with Crippen molar-refractivity contribution in [2.24, 2.45) is 5.92 Å². The van der Waals surface area contributed by atoms with Crippen LogP contribution in [0.1, 0.15) is 46.9 Å². The van der Waals surface area contributed by atoms with Crippen molar-refractivity contribution >= 4 is 60.4 Å². The Hall–Kier alpha value is -1.54. The fraction of sp³-hybridized carbons (Fsp3) is 0.409. The largest absolute Gasteiger partial charge is 0.464 e. The summed E-state index contributed by atoms with van der Waals surface area (Å²) in [5.74, 6) is 2.37. The molecule has 2 aromatic heterocycles. The predicted molar refractivity (Wildman–Crippen MR) is 124 cm³/mol. The van der Waals surface area contributed by atoms with Crippen LogP contribution in [0.3, 0.4) is 0 Å². The van der Waals surface area contributed by atoms with Crippen molar-refractivity contribution in [1.82, 2.24) is 4.90 Å². The Morgan fingerprint density at radius 2 is 2.03 bits per heavy atom. The third kappa shape index (κ3) is 4.01. The van der Waals surface area contributed by atoms with Gasteiger partial charge >= 0.3 is 0 Å². The Bertz CT molecular complexity index is 1280. The molecule has 3 unspecified atom stereocenters. The van der Waals surface area contributed by atoms with E-state index in [9.17, 15) is 13.2 Å². The number of nitrogens with zero attached hydrogens (tertiary/aromatic N) is 1. The zero-order valence-corrected chi connectivity index (χ0v) is 20.0. The summed E-state index contributed by atoms with van der Waals surface area (Å²) in [5.41, 5.74) is 0. The van der Waals surface area contributed by atoms with Crippen LogP contribution in [-0.2, 0) is 16.4 Å². The smallest absolute Gasteiger partial charge is 0.266 e. The topological polar surface area (TPSA) is 67.6 Å². The molecule has 31 heavy (non-hydrogen) atoms. The molecule has 9 heteroatoms. The first-order valence-electron chi connectivity index (χ1n) is 10.2. The molecule has 2 aliphatic rings. The van der Waals surface area contributed by atoms with Gasteiger partial charge in [-0.05, 0) is 43.0 Å². The summed E-state index contributed by atoms with van der Waals surface area (Å²) in [5, 5.41) is 1.46. The van der Waals surface area contributed by atoms with Gasteiger partial charge in [0, 0.05) is 22.0 Å². The molecule has 3 heterocycles. The standard InChI is InChI=1S/C22H21Cl2NO4S2/c1-12-9-15(12)17-6-5-14(29-17)10-25(13-7-8-31(27,28)11-13)22(26)21-20(24)19-16(23)3-2-4-18(19)30-21/h2-6,12-13,15H,7-11H2,1H3. The summed E-state index contributed by atoms with van der Waals surface area (Å²) in [6, 6.07) is 8.85. The number of benzene rings is 1. The van der Waals surface area contributed by atoms with Crippen LogP contribution in [-0.4, -0.2) is 36.8 Å². The van der Waals surface area contributed by atoms with Gasteiger partial charge in [-0.2, -0.15) is 0 Å². The molecule has 5 rings (SSSR count). The number of amides is 1. The van der Waals surface area contributed by atoms with Crippen LogP contribution in [0, 0.1) is 5.92 Å². The minimum atomic E-state index is -3.17. The second-order valence-electron chi connectivity index (χ2n) is 8.47. The first kappa shape index (κ1) is 21.3. The monoisotopic (exact) mass is 497 g/mol. The fourth-order valence-electron chi connectivity index (χ4n) is 4.29. The summed E-state index contributed by atoms with van der Waals surface area (Å²) < 4.78 is 31.1. The number of sulfone groups is 1. The number of halogens is 2. The van der Waals surface area contributed by atoms with Gasteiger partial charge < -0.3 is 9.32 Å². The highest BCUT2D eigenvalue weighted by atomic mass is 35.5. The van der Waals surface area contributed by atoms with E-state index in [4.69, 9.17) is 27.6 Å². The number of furan rings is 1. The third-order valence-corrected chi connectivity index (χ3v) is 9.89. The summed E-state index contributed by atoms with van der Waals surface area (Å²) in [4.78, 5) is 15.6. The number of rotatable bonds is 5. The van der Waals surface area contributed by atoms with E-state index in [2.05, 4.69) is 6.92 Å². The number of hydrogen-bond acceptors (Lipinski definition) is 5. The van der Waals surface area contributed by atoms with Gasteiger partial charge in [0.05, 0.1) is 28.1 Å². The number of carbonyl (C=O) groups is 1. The molecule has 0 spiro atoms. The zero-order valence-electron chi connectivity index (χ0n) is 16.8. The van der Waals surface area contributed by atoms with E-state index >= 15 is 0 Å². The normalized spacial score (nSPS) is 24.5. The second-order valence-corrected chi connectivity index (χ2v) is 12.5. The lowest BCUT2D eigenvalue weighted by Crippen LogP contribution is -2.40. The number of hydrogen-bond donors (Lipinski definition) is 0. The van der Waals surface area contributed by atoms with E-state index in [-0.39, 0.29) is 24.0 Å². The van der Waals surface area contributed by atoms with E-state index in [1.165, 1.54) is 11.3 Å². The van der Waals surface area contributed by atoms with Gasteiger partial charge in [0.2, 0.25) is 0 Å². The Morgan fingerprint density at radius 1 is 1.26 bits per heavy atom. The van der Waals surface area contributed by atoms with Crippen LogP contribution in [0.4, 0.5) is 0 Å². The third-order valence-electron chi connectivity index (χ3n) is 6.19. The summed E-state index contributed by atoms with van der Waals surface area (Å²) in [6.45, 7) is 2.39. The van der Waals surface area contributed by atoms with Gasteiger partial charge in [-0.3, -0.25) is 4.79 Å². The molecule has 1 aliphatic heterocycles. The Morgan fingerprint density at radius 3 is 2.68 bits per heavy atom. The lowest BCUT2D eigenvalue weighted by molar-refractivity contribution is 0.0670. The van der Waals surface area contributed by atoms with Gasteiger partial charge in [-0.15, -0.1) is 11.3 Å². The molecule has 0 radical (unpaired) electrons. The van der Waals surface area contributed by atoms with Crippen molar-refractivity contribution in [2.45, 2.75) is 38.3 Å². The number of fused-ring (bicyclic) bond motifs is 1. The Kier molecular flexibility index (Phi) is 5.36. The Labute approximate surface area is 194 Å². The molecule has 1 aliphatic carbocycles. The van der Waals surface area contributed by atoms with Crippen LogP contribution in [0.2, 0.25) is 10.0 Å². The van der Waals surface area contributed by atoms with Crippen LogP contribution < -0.4 is 0 Å². The van der Waals surface area contributed by atoms with Gasteiger partial charge in [0.25, 0.3) is 5.91 Å². The molecule has 164 valence electrons. The van der Waals surface area contributed by atoms with E-state index in [1.54, 1.807) is 11.0 Å². The van der Waals surface area contributed by atoms with Crippen molar-refractivity contribution < 1.29 is 17.6 Å². The summed E-state index contributed by atoms with van der Waals surface area (Å²) in [7, 11) is -3.17. The van der Waals surface area contributed by atoms with Crippen LogP contribution >= 0.6 is 34.5 Å². The maximum atomic E-state index is 13.6. The van der Waals surface area contributed by atoms with E-state index in [0.717, 1.165) is 16.9 Å². The van der Waals surface area contributed by atoms with Crippen molar-refractivity contribution in [3.05, 3.63) is 56.8 Å².